The molecule has 4 nitrogen and oxygen atoms in total. The van der Waals surface area contributed by atoms with Gasteiger partial charge in [-0.15, -0.1) is 0 Å². The van der Waals surface area contributed by atoms with Crippen LogP contribution in [0.4, 0.5) is 0 Å². The van der Waals surface area contributed by atoms with E-state index in [1.165, 1.54) is 19.3 Å². The molecule has 0 unspecified atom stereocenters. The summed E-state index contributed by atoms with van der Waals surface area (Å²) in [6.45, 7) is 16.2. The molecule has 0 aliphatic carbocycles. The van der Waals surface area contributed by atoms with Crippen LogP contribution >= 0.6 is 0 Å². The van der Waals surface area contributed by atoms with Gasteiger partial charge in [-0.1, -0.05) is 73.8 Å². The van der Waals surface area contributed by atoms with Crippen molar-refractivity contribution in [2.45, 2.75) is 85.0 Å². The van der Waals surface area contributed by atoms with Gasteiger partial charge in [0.15, 0.2) is 6.79 Å². The first-order valence-electron chi connectivity index (χ1n) is 11.9. The van der Waals surface area contributed by atoms with Gasteiger partial charge in [0.25, 0.3) is 0 Å². The highest BCUT2D eigenvalue weighted by Crippen LogP contribution is 2.43. The number of benzene rings is 2. The Hall–Kier alpha value is -2.82. The van der Waals surface area contributed by atoms with Gasteiger partial charge >= 0.3 is 0 Å². The second-order valence-electron chi connectivity index (χ2n) is 10.6. The highest BCUT2D eigenvalue weighted by Gasteiger charge is 2.28. The van der Waals surface area contributed by atoms with Crippen molar-refractivity contribution in [2.24, 2.45) is 0 Å². The molecule has 176 valence electrons. The summed E-state index contributed by atoms with van der Waals surface area (Å²) in [4.78, 5) is 0. The quantitative estimate of drug-likeness (QED) is 0.293. The van der Waals surface area contributed by atoms with E-state index in [4.69, 9.17) is 9.47 Å². The van der Waals surface area contributed by atoms with Crippen LogP contribution < -0.4 is 4.74 Å². The summed E-state index contributed by atoms with van der Waals surface area (Å²) in [5.41, 5.74) is 4.60. The van der Waals surface area contributed by atoms with Crippen LogP contribution in [-0.4, -0.2) is 13.4 Å². The van der Waals surface area contributed by atoms with Crippen LogP contribution in [0.2, 0.25) is 0 Å². The third-order valence-electron chi connectivity index (χ3n) is 5.73. The maximum absolute atomic E-state index is 9.49. The smallest absolute Gasteiger partial charge is 0.189 e. The molecule has 0 aliphatic heterocycles. The van der Waals surface area contributed by atoms with Gasteiger partial charge in [0.1, 0.15) is 17.9 Å². The first-order valence-corrected chi connectivity index (χ1v) is 11.9. The van der Waals surface area contributed by atoms with Crippen molar-refractivity contribution >= 4 is 0 Å². The molecule has 0 amide bonds. The molecule has 0 heterocycles. The summed E-state index contributed by atoms with van der Waals surface area (Å²) in [5, 5.41) is 18.8. The average molecular weight is 447 g/mol. The van der Waals surface area contributed by atoms with Gasteiger partial charge in [-0.05, 0) is 52.6 Å². The van der Waals surface area contributed by atoms with E-state index in [0.29, 0.717) is 17.7 Å². The monoisotopic (exact) mass is 446 g/mol. The van der Waals surface area contributed by atoms with Crippen molar-refractivity contribution in [3.05, 3.63) is 52.6 Å². The molecule has 2 aromatic rings. The Morgan fingerprint density at radius 1 is 0.758 bits per heavy atom. The Bertz CT molecular complexity index is 993. The molecular formula is C29H38N2O2. The molecule has 33 heavy (non-hydrogen) atoms. The lowest BCUT2D eigenvalue weighted by molar-refractivity contribution is 0.0116. The molecule has 2 aromatic carbocycles. The van der Waals surface area contributed by atoms with Gasteiger partial charge in [-0.25, -0.2) is 0 Å². The highest BCUT2D eigenvalue weighted by molar-refractivity contribution is 5.71. The predicted octanol–water partition coefficient (Wildman–Crippen LogP) is 7.63. The molecule has 0 bridgehead atoms. The maximum Gasteiger partial charge on any atom is 0.189 e. The number of hydrogen-bond donors (Lipinski definition) is 0. The predicted molar refractivity (Wildman–Crippen MR) is 134 cm³/mol. The topological polar surface area (TPSA) is 66.0 Å². The molecule has 2 rings (SSSR count). The van der Waals surface area contributed by atoms with Gasteiger partial charge in [-0.3, -0.25) is 0 Å². The molecule has 0 aliphatic rings. The lowest BCUT2D eigenvalue weighted by Gasteiger charge is -2.30. The zero-order valence-corrected chi connectivity index (χ0v) is 21.3. The van der Waals surface area contributed by atoms with Crippen LogP contribution in [0, 0.1) is 22.7 Å². The fraction of sp³-hybridized carbons (Fsp3) is 0.517. The normalized spacial score (nSPS) is 11.7. The zero-order chi connectivity index (χ0) is 24.6. The summed E-state index contributed by atoms with van der Waals surface area (Å²) in [6.07, 6.45) is 4.67. The Morgan fingerprint density at radius 2 is 1.36 bits per heavy atom. The van der Waals surface area contributed by atoms with E-state index in [1.54, 1.807) is 12.1 Å². The van der Waals surface area contributed by atoms with E-state index in [9.17, 15) is 10.5 Å². The highest BCUT2D eigenvalue weighted by atomic mass is 16.7. The van der Waals surface area contributed by atoms with Crippen LogP contribution in [-0.2, 0) is 15.6 Å². The Labute approximate surface area is 200 Å². The number of rotatable bonds is 9. The molecule has 0 aromatic heterocycles. The third kappa shape index (κ3) is 7.08. The minimum atomic E-state index is -0.156. The summed E-state index contributed by atoms with van der Waals surface area (Å²) >= 11 is 0. The minimum Gasteiger partial charge on any atom is -0.467 e. The van der Waals surface area contributed by atoms with Crippen molar-refractivity contribution in [1.29, 1.82) is 10.5 Å². The Kier molecular flexibility index (Phi) is 9.09. The van der Waals surface area contributed by atoms with Crippen molar-refractivity contribution in [2.75, 3.05) is 13.4 Å². The van der Waals surface area contributed by atoms with Crippen LogP contribution in [0.3, 0.4) is 0 Å². The van der Waals surface area contributed by atoms with Crippen molar-refractivity contribution in [3.8, 4) is 29.0 Å². The standard InChI is InChI=1S/C29H38N2O2/c1-8-9-10-11-14-32-20-33-27-25(28(2,3)4)16-23(17-26(27)29(5,6)7)21-12-13-22(18-30)24(15-21)19-31/h12-13,15-17H,8-11,14,20H2,1-7H3. The number of unbranched alkanes of at least 4 members (excludes halogenated alkanes) is 3. The average Bonchev–Trinajstić information content (AvgIpc) is 2.76. The van der Waals surface area contributed by atoms with Crippen molar-refractivity contribution in [3.63, 3.8) is 0 Å². The summed E-state index contributed by atoms with van der Waals surface area (Å²) in [5.74, 6) is 0.876. The van der Waals surface area contributed by atoms with Crippen LogP contribution in [0.25, 0.3) is 11.1 Å². The minimum absolute atomic E-state index is 0.156. The third-order valence-corrected chi connectivity index (χ3v) is 5.73. The first-order chi connectivity index (χ1) is 15.5. The van der Waals surface area contributed by atoms with Gasteiger partial charge in [0.05, 0.1) is 17.7 Å². The second kappa shape index (κ2) is 11.4. The van der Waals surface area contributed by atoms with E-state index >= 15 is 0 Å². The second-order valence-corrected chi connectivity index (χ2v) is 10.6. The number of nitrogens with zero attached hydrogens (tertiary/aromatic N) is 2. The molecule has 0 saturated heterocycles. The van der Waals surface area contributed by atoms with E-state index in [0.717, 1.165) is 34.4 Å². The first kappa shape index (κ1) is 26.4. The lowest BCUT2D eigenvalue weighted by Crippen LogP contribution is -2.21. The van der Waals surface area contributed by atoms with Crippen LogP contribution in [0.15, 0.2) is 30.3 Å². The molecule has 4 heteroatoms. The van der Waals surface area contributed by atoms with Gasteiger partial charge in [-0.2, -0.15) is 10.5 Å². The van der Waals surface area contributed by atoms with Crippen LogP contribution in [0.5, 0.6) is 5.75 Å². The molecule has 0 radical (unpaired) electrons. The van der Waals surface area contributed by atoms with Crippen molar-refractivity contribution < 1.29 is 9.47 Å². The molecular weight excluding hydrogens is 408 g/mol. The molecule has 0 N–H and O–H groups in total. The lowest BCUT2D eigenvalue weighted by atomic mass is 9.77. The largest absolute Gasteiger partial charge is 0.467 e. The molecule has 0 saturated carbocycles. The zero-order valence-electron chi connectivity index (χ0n) is 21.3. The number of ether oxygens (including phenoxy) is 2. The maximum atomic E-state index is 9.49. The van der Waals surface area contributed by atoms with Crippen molar-refractivity contribution in [1.82, 2.24) is 0 Å². The Morgan fingerprint density at radius 3 is 1.88 bits per heavy atom. The Balaban J connectivity index is 2.49. The molecule has 0 spiro atoms. The van der Waals surface area contributed by atoms with E-state index in [1.807, 2.05) is 6.07 Å². The molecule has 0 fully saturated rings. The van der Waals surface area contributed by atoms with E-state index in [-0.39, 0.29) is 17.6 Å². The van der Waals surface area contributed by atoms with Crippen LogP contribution in [0.1, 0.15) is 96.4 Å². The SMILES string of the molecule is CCCCCCOCOc1c(C(C)(C)C)cc(-c2ccc(C#N)c(C#N)c2)cc1C(C)(C)C. The summed E-state index contributed by atoms with van der Waals surface area (Å²) < 4.78 is 12.1. The van der Waals surface area contributed by atoms with E-state index in [2.05, 4.69) is 72.7 Å². The van der Waals surface area contributed by atoms with E-state index < -0.39 is 0 Å². The fourth-order valence-electron chi connectivity index (χ4n) is 3.77. The summed E-state index contributed by atoms with van der Waals surface area (Å²) in [6, 6.07) is 14.0. The fourth-order valence-corrected chi connectivity index (χ4v) is 3.77. The number of nitriles is 2. The van der Waals surface area contributed by atoms with Gasteiger partial charge < -0.3 is 9.47 Å². The molecule has 0 atom stereocenters. The summed E-state index contributed by atoms with van der Waals surface area (Å²) in [7, 11) is 0. The number of hydrogen-bond acceptors (Lipinski definition) is 4. The van der Waals surface area contributed by atoms with Gasteiger partial charge in [0, 0.05) is 11.1 Å². The van der Waals surface area contributed by atoms with Gasteiger partial charge in [0.2, 0.25) is 0 Å².